The summed E-state index contributed by atoms with van der Waals surface area (Å²) < 4.78 is 1.79. The molecule has 3 aromatic rings. The van der Waals surface area contributed by atoms with Gasteiger partial charge in [0.15, 0.2) is 0 Å². The smallest absolute Gasteiger partial charge is 0.126 e. The Hall–Kier alpha value is -1.69. The van der Waals surface area contributed by atoms with E-state index in [4.69, 9.17) is 11.6 Å². The first-order valence-corrected chi connectivity index (χ1v) is 8.30. The maximum Gasteiger partial charge on any atom is 0.126 e. The summed E-state index contributed by atoms with van der Waals surface area (Å²) in [5.41, 5.74) is 3.19. The Morgan fingerprint density at radius 1 is 1.36 bits per heavy atom. The monoisotopic (exact) mass is 332 g/mol. The van der Waals surface area contributed by atoms with Crippen molar-refractivity contribution in [2.45, 2.75) is 19.5 Å². The molecule has 0 radical (unpaired) electrons. The Morgan fingerprint density at radius 3 is 2.91 bits per heavy atom. The molecule has 1 aromatic carbocycles. The number of halogens is 1. The van der Waals surface area contributed by atoms with Crippen molar-refractivity contribution >= 4 is 22.9 Å². The molecule has 0 saturated carbocycles. The van der Waals surface area contributed by atoms with Crippen LogP contribution in [0.3, 0.4) is 0 Å². The average molecular weight is 333 g/mol. The quantitative estimate of drug-likeness (QED) is 0.766. The first-order chi connectivity index (χ1) is 10.6. The van der Waals surface area contributed by atoms with Crippen molar-refractivity contribution in [3.63, 3.8) is 0 Å². The van der Waals surface area contributed by atoms with Gasteiger partial charge in [0.25, 0.3) is 0 Å². The maximum absolute atomic E-state index is 6.22. The molecule has 114 valence electrons. The molecule has 0 saturated heterocycles. The second-order valence-electron chi connectivity index (χ2n) is 5.17. The van der Waals surface area contributed by atoms with E-state index < -0.39 is 0 Å². The standard InChI is InChI=1S/C16H17ClN4S/c1-11(14-5-3-4-6-15(14)17)18-8-13-10-22-16(20-13)12-7-19-21(2)9-12/h3-7,9-11,18H,8H2,1-2H3/t11-/m1/s1. The summed E-state index contributed by atoms with van der Waals surface area (Å²) in [6.07, 6.45) is 3.81. The van der Waals surface area contributed by atoms with Crippen molar-refractivity contribution in [2.24, 2.45) is 7.05 Å². The second kappa shape index (κ2) is 6.60. The third-order valence-corrected chi connectivity index (χ3v) is 4.75. The van der Waals surface area contributed by atoms with Gasteiger partial charge in [-0.3, -0.25) is 4.68 Å². The van der Waals surface area contributed by atoms with Crippen LogP contribution in [0, 0.1) is 0 Å². The molecule has 22 heavy (non-hydrogen) atoms. The van der Waals surface area contributed by atoms with E-state index in [1.54, 1.807) is 16.0 Å². The first kappa shape index (κ1) is 15.2. The summed E-state index contributed by atoms with van der Waals surface area (Å²) in [5, 5.41) is 11.5. The summed E-state index contributed by atoms with van der Waals surface area (Å²) in [4.78, 5) is 4.65. The summed E-state index contributed by atoms with van der Waals surface area (Å²) in [5.74, 6) is 0. The van der Waals surface area contributed by atoms with Crippen LogP contribution in [0.1, 0.15) is 24.2 Å². The predicted octanol–water partition coefficient (Wildman–Crippen LogP) is 4.05. The van der Waals surface area contributed by atoms with Crippen LogP contribution in [0.25, 0.3) is 10.6 Å². The molecule has 6 heteroatoms. The predicted molar refractivity (Wildman–Crippen MR) is 91.0 cm³/mol. The molecule has 0 aliphatic rings. The second-order valence-corrected chi connectivity index (χ2v) is 6.44. The van der Waals surface area contributed by atoms with Crippen molar-refractivity contribution < 1.29 is 0 Å². The Balaban J connectivity index is 1.65. The van der Waals surface area contributed by atoms with E-state index in [2.05, 4.69) is 27.7 Å². The van der Waals surface area contributed by atoms with E-state index >= 15 is 0 Å². The molecule has 0 aliphatic carbocycles. The van der Waals surface area contributed by atoms with Gasteiger partial charge in [-0.15, -0.1) is 11.3 Å². The van der Waals surface area contributed by atoms with Gasteiger partial charge in [-0.25, -0.2) is 4.98 Å². The molecule has 2 heterocycles. The largest absolute Gasteiger partial charge is 0.304 e. The van der Waals surface area contributed by atoms with E-state index in [1.165, 1.54) is 0 Å². The van der Waals surface area contributed by atoms with E-state index in [0.717, 1.165) is 26.9 Å². The highest BCUT2D eigenvalue weighted by atomic mass is 35.5. The first-order valence-electron chi connectivity index (χ1n) is 7.04. The van der Waals surface area contributed by atoms with Crippen molar-refractivity contribution in [2.75, 3.05) is 0 Å². The fraction of sp³-hybridized carbons (Fsp3) is 0.250. The van der Waals surface area contributed by atoms with Crippen molar-refractivity contribution in [1.29, 1.82) is 0 Å². The van der Waals surface area contributed by atoms with Crippen LogP contribution in [0.5, 0.6) is 0 Å². The number of nitrogens with zero attached hydrogens (tertiary/aromatic N) is 3. The minimum Gasteiger partial charge on any atom is -0.304 e. The van der Waals surface area contributed by atoms with Gasteiger partial charge in [0.2, 0.25) is 0 Å². The Kier molecular flexibility index (Phi) is 4.57. The van der Waals surface area contributed by atoms with Crippen LogP contribution >= 0.6 is 22.9 Å². The molecular weight excluding hydrogens is 316 g/mol. The highest BCUT2D eigenvalue weighted by molar-refractivity contribution is 7.13. The van der Waals surface area contributed by atoms with Crippen LogP contribution < -0.4 is 5.32 Å². The number of hydrogen-bond donors (Lipinski definition) is 1. The summed E-state index contributed by atoms with van der Waals surface area (Å²) in [6.45, 7) is 2.82. The molecule has 0 bridgehead atoms. The fourth-order valence-corrected chi connectivity index (χ4v) is 3.34. The maximum atomic E-state index is 6.22. The van der Waals surface area contributed by atoms with Gasteiger partial charge in [-0.2, -0.15) is 5.10 Å². The lowest BCUT2D eigenvalue weighted by molar-refractivity contribution is 0.569. The Labute approximate surface area is 138 Å². The Morgan fingerprint density at radius 2 is 2.18 bits per heavy atom. The van der Waals surface area contributed by atoms with Crippen LogP contribution in [0.2, 0.25) is 5.02 Å². The molecule has 0 spiro atoms. The zero-order chi connectivity index (χ0) is 15.5. The molecule has 1 atom stereocenters. The van der Waals surface area contributed by atoms with E-state index in [-0.39, 0.29) is 6.04 Å². The van der Waals surface area contributed by atoms with Gasteiger partial charge in [-0.1, -0.05) is 29.8 Å². The van der Waals surface area contributed by atoms with Crippen molar-refractivity contribution in [3.05, 3.63) is 58.3 Å². The SMILES string of the molecule is C[C@@H](NCc1csc(-c2cnn(C)c2)n1)c1ccccc1Cl. The number of hydrogen-bond acceptors (Lipinski definition) is 4. The van der Waals surface area contributed by atoms with Crippen molar-refractivity contribution in [3.8, 4) is 10.6 Å². The highest BCUT2D eigenvalue weighted by Crippen LogP contribution is 2.25. The lowest BCUT2D eigenvalue weighted by Gasteiger charge is -2.14. The molecule has 0 amide bonds. The minimum absolute atomic E-state index is 0.178. The molecule has 4 nitrogen and oxygen atoms in total. The average Bonchev–Trinajstić information content (AvgIpc) is 3.14. The number of benzene rings is 1. The summed E-state index contributed by atoms with van der Waals surface area (Å²) in [7, 11) is 1.91. The normalized spacial score (nSPS) is 12.5. The van der Waals surface area contributed by atoms with Crippen LogP contribution in [0.4, 0.5) is 0 Å². The van der Waals surface area contributed by atoms with Crippen molar-refractivity contribution in [1.82, 2.24) is 20.1 Å². The third-order valence-electron chi connectivity index (χ3n) is 3.46. The van der Waals surface area contributed by atoms with E-state index in [1.807, 2.05) is 43.7 Å². The molecule has 2 aromatic heterocycles. The van der Waals surface area contributed by atoms with Gasteiger partial charge < -0.3 is 5.32 Å². The number of aromatic nitrogens is 3. The zero-order valence-electron chi connectivity index (χ0n) is 12.5. The van der Waals surface area contributed by atoms with E-state index in [0.29, 0.717) is 6.54 Å². The minimum atomic E-state index is 0.178. The molecule has 0 aliphatic heterocycles. The van der Waals surface area contributed by atoms with Gasteiger partial charge in [-0.05, 0) is 18.6 Å². The van der Waals surface area contributed by atoms with Crippen LogP contribution in [-0.4, -0.2) is 14.8 Å². The van der Waals surface area contributed by atoms with Crippen LogP contribution in [-0.2, 0) is 13.6 Å². The zero-order valence-corrected chi connectivity index (χ0v) is 14.0. The van der Waals surface area contributed by atoms with E-state index in [9.17, 15) is 0 Å². The molecule has 3 rings (SSSR count). The summed E-state index contributed by atoms with van der Waals surface area (Å²) in [6, 6.07) is 8.08. The molecule has 1 N–H and O–H groups in total. The lowest BCUT2D eigenvalue weighted by Crippen LogP contribution is -2.18. The van der Waals surface area contributed by atoms with Gasteiger partial charge in [0, 0.05) is 41.8 Å². The molecule has 0 unspecified atom stereocenters. The summed E-state index contributed by atoms with van der Waals surface area (Å²) >= 11 is 7.86. The fourth-order valence-electron chi connectivity index (χ4n) is 2.25. The third kappa shape index (κ3) is 3.38. The number of thiazole rings is 1. The Bertz CT molecular complexity index is 765. The van der Waals surface area contributed by atoms with Gasteiger partial charge >= 0.3 is 0 Å². The molecular formula is C16H17ClN4S. The number of aryl methyl sites for hydroxylation is 1. The van der Waals surface area contributed by atoms with Crippen LogP contribution in [0.15, 0.2) is 42.0 Å². The lowest BCUT2D eigenvalue weighted by atomic mass is 10.1. The van der Waals surface area contributed by atoms with Gasteiger partial charge in [0.1, 0.15) is 5.01 Å². The molecule has 0 fully saturated rings. The number of nitrogens with one attached hydrogen (secondary N) is 1. The van der Waals surface area contributed by atoms with Gasteiger partial charge in [0.05, 0.1) is 11.9 Å². The number of rotatable bonds is 5. The highest BCUT2D eigenvalue weighted by Gasteiger charge is 2.10. The topological polar surface area (TPSA) is 42.7 Å².